The van der Waals surface area contributed by atoms with Crippen molar-refractivity contribution in [2.75, 3.05) is 6.54 Å². The Morgan fingerprint density at radius 2 is 2.40 bits per heavy atom. The molecule has 1 N–H and O–H groups in total. The lowest BCUT2D eigenvalue weighted by Crippen LogP contribution is -2.20. The minimum Gasteiger partial charge on any atom is -0.361 e. The van der Waals surface area contributed by atoms with E-state index in [9.17, 15) is 0 Å². The van der Waals surface area contributed by atoms with Crippen molar-refractivity contribution in [2.45, 2.75) is 51.5 Å². The third-order valence-electron chi connectivity index (χ3n) is 2.99. The van der Waals surface area contributed by atoms with Gasteiger partial charge in [-0.2, -0.15) is 0 Å². The summed E-state index contributed by atoms with van der Waals surface area (Å²) in [5.74, 6) is 1.03. The van der Waals surface area contributed by atoms with Gasteiger partial charge in [0, 0.05) is 12.5 Å². The minimum absolute atomic E-state index is 0.418. The summed E-state index contributed by atoms with van der Waals surface area (Å²) in [4.78, 5) is 0. The van der Waals surface area contributed by atoms with Crippen molar-refractivity contribution in [2.24, 2.45) is 0 Å². The summed E-state index contributed by atoms with van der Waals surface area (Å²) in [5, 5.41) is 7.69. The van der Waals surface area contributed by atoms with Crippen LogP contribution in [0.3, 0.4) is 0 Å². The molecule has 0 amide bonds. The van der Waals surface area contributed by atoms with Crippen molar-refractivity contribution in [1.82, 2.24) is 10.5 Å². The molecule has 2 rings (SSSR count). The molecule has 0 radical (unpaired) electrons. The topological polar surface area (TPSA) is 38.1 Å². The minimum atomic E-state index is 0.418. The second-order valence-corrected chi connectivity index (χ2v) is 4.32. The van der Waals surface area contributed by atoms with Gasteiger partial charge in [0.2, 0.25) is 0 Å². The van der Waals surface area contributed by atoms with E-state index >= 15 is 0 Å². The summed E-state index contributed by atoms with van der Waals surface area (Å²) in [5.41, 5.74) is 1.10. The highest BCUT2D eigenvalue weighted by atomic mass is 16.5. The Morgan fingerprint density at radius 3 is 3.27 bits per heavy atom. The van der Waals surface area contributed by atoms with Crippen LogP contribution >= 0.6 is 0 Å². The maximum Gasteiger partial charge on any atom is 0.137 e. The van der Waals surface area contributed by atoms with Crippen molar-refractivity contribution in [3.8, 4) is 0 Å². The highest BCUT2D eigenvalue weighted by molar-refractivity contribution is 5.10. The average Bonchev–Trinajstić information content (AvgIpc) is 2.53. The number of aryl methyl sites for hydroxylation is 1. The largest absolute Gasteiger partial charge is 0.361 e. The van der Waals surface area contributed by atoms with Crippen LogP contribution in [0.4, 0.5) is 0 Å². The molecule has 2 heterocycles. The smallest absolute Gasteiger partial charge is 0.137 e. The van der Waals surface area contributed by atoms with Gasteiger partial charge in [0.25, 0.3) is 0 Å². The fraction of sp³-hybridized carbons (Fsp3) is 0.750. The van der Waals surface area contributed by atoms with Crippen LogP contribution in [0, 0.1) is 0 Å². The molecule has 1 aromatic rings. The second kappa shape index (κ2) is 5.31. The molecule has 0 aromatic carbocycles. The van der Waals surface area contributed by atoms with Crippen LogP contribution in [0.15, 0.2) is 10.6 Å². The van der Waals surface area contributed by atoms with Gasteiger partial charge in [-0.05, 0) is 25.8 Å². The SMILES string of the molecule is CCCc1cc(C2CCCCCN2)no1. The lowest BCUT2D eigenvalue weighted by atomic mass is 10.1. The lowest BCUT2D eigenvalue weighted by Gasteiger charge is -2.11. The van der Waals surface area contributed by atoms with Crippen molar-refractivity contribution < 1.29 is 4.52 Å². The van der Waals surface area contributed by atoms with E-state index in [4.69, 9.17) is 4.52 Å². The van der Waals surface area contributed by atoms with Crippen LogP contribution in [0.2, 0.25) is 0 Å². The van der Waals surface area contributed by atoms with Crippen LogP contribution in [0.5, 0.6) is 0 Å². The number of hydrogen-bond acceptors (Lipinski definition) is 3. The van der Waals surface area contributed by atoms with Gasteiger partial charge in [-0.15, -0.1) is 0 Å². The summed E-state index contributed by atoms with van der Waals surface area (Å²) in [6.07, 6.45) is 7.23. The molecule has 15 heavy (non-hydrogen) atoms. The average molecular weight is 208 g/mol. The molecule has 0 saturated carbocycles. The first-order valence-electron chi connectivity index (χ1n) is 6.09. The van der Waals surface area contributed by atoms with Gasteiger partial charge < -0.3 is 9.84 Å². The molecular weight excluding hydrogens is 188 g/mol. The molecule has 0 spiro atoms. The molecule has 1 saturated heterocycles. The van der Waals surface area contributed by atoms with E-state index in [0.717, 1.165) is 30.8 Å². The molecule has 3 heteroatoms. The predicted molar refractivity (Wildman–Crippen MR) is 59.7 cm³/mol. The molecule has 0 aliphatic carbocycles. The Hall–Kier alpha value is -0.830. The number of aromatic nitrogens is 1. The summed E-state index contributed by atoms with van der Waals surface area (Å²) >= 11 is 0. The van der Waals surface area contributed by atoms with Gasteiger partial charge in [0.05, 0.1) is 6.04 Å². The molecule has 1 fully saturated rings. The van der Waals surface area contributed by atoms with Crippen molar-refractivity contribution in [1.29, 1.82) is 0 Å². The fourth-order valence-electron chi connectivity index (χ4n) is 2.14. The van der Waals surface area contributed by atoms with Gasteiger partial charge in [0.15, 0.2) is 0 Å². The Kier molecular flexibility index (Phi) is 3.78. The Labute approximate surface area is 91.2 Å². The predicted octanol–water partition coefficient (Wildman–Crippen LogP) is 2.83. The quantitative estimate of drug-likeness (QED) is 0.830. The van der Waals surface area contributed by atoms with E-state index in [2.05, 4.69) is 23.5 Å². The summed E-state index contributed by atoms with van der Waals surface area (Å²) in [7, 11) is 0. The molecule has 1 aromatic heterocycles. The molecule has 3 nitrogen and oxygen atoms in total. The first-order valence-corrected chi connectivity index (χ1v) is 6.09. The standard InChI is InChI=1S/C12H20N2O/c1-2-6-10-9-12(14-15-10)11-7-4-3-5-8-13-11/h9,11,13H,2-8H2,1H3. The molecule has 0 bridgehead atoms. The summed E-state index contributed by atoms with van der Waals surface area (Å²) in [6, 6.07) is 2.54. The molecule has 84 valence electrons. The number of nitrogens with one attached hydrogen (secondary N) is 1. The van der Waals surface area contributed by atoms with E-state index in [-0.39, 0.29) is 0 Å². The van der Waals surface area contributed by atoms with E-state index < -0.39 is 0 Å². The Morgan fingerprint density at radius 1 is 1.47 bits per heavy atom. The highest BCUT2D eigenvalue weighted by Gasteiger charge is 2.17. The molecule has 1 unspecified atom stereocenters. The zero-order valence-electron chi connectivity index (χ0n) is 9.46. The molecule has 1 aliphatic heterocycles. The van der Waals surface area contributed by atoms with Gasteiger partial charge in [-0.3, -0.25) is 0 Å². The maximum absolute atomic E-state index is 5.31. The van der Waals surface area contributed by atoms with Crippen LogP contribution in [0.1, 0.15) is 56.5 Å². The zero-order valence-corrected chi connectivity index (χ0v) is 9.46. The maximum atomic E-state index is 5.31. The summed E-state index contributed by atoms with van der Waals surface area (Å²) in [6.45, 7) is 3.27. The number of hydrogen-bond donors (Lipinski definition) is 1. The number of rotatable bonds is 3. The van der Waals surface area contributed by atoms with Crippen LogP contribution < -0.4 is 5.32 Å². The van der Waals surface area contributed by atoms with E-state index in [1.54, 1.807) is 0 Å². The van der Waals surface area contributed by atoms with Gasteiger partial charge >= 0.3 is 0 Å². The Balaban J connectivity index is 2.00. The fourth-order valence-corrected chi connectivity index (χ4v) is 2.14. The second-order valence-electron chi connectivity index (χ2n) is 4.32. The highest BCUT2D eigenvalue weighted by Crippen LogP contribution is 2.22. The normalized spacial score (nSPS) is 22.6. The van der Waals surface area contributed by atoms with Crippen LogP contribution in [0.25, 0.3) is 0 Å². The molecular formula is C12H20N2O. The monoisotopic (exact) mass is 208 g/mol. The first-order chi connectivity index (χ1) is 7.40. The van der Waals surface area contributed by atoms with E-state index in [1.165, 1.54) is 25.7 Å². The van der Waals surface area contributed by atoms with Gasteiger partial charge in [-0.1, -0.05) is 24.9 Å². The van der Waals surface area contributed by atoms with E-state index in [1.807, 2.05) is 0 Å². The molecule has 1 aliphatic rings. The van der Waals surface area contributed by atoms with Crippen LogP contribution in [-0.2, 0) is 6.42 Å². The van der Waals surface area contributed by atoms with Gasteiger partial charge in [-0.25, -0.2) is 0 Å². The van der Waals surface area contributed by atoms with Gasteiger partial charge in [0.1, 0.15) is 11.5 Å². The van der Waals surface area contributed by atoms with Crippen molar-refractivity contribution in [3.05, 3.63) is 17.5 Å². The van der Waals surface area contributed by atoms with Crippen molar-refractivity contribution >= 4 is 0 Å². The Bertz CT molecular complexity index is 288. The number of nitrogens with zero attached hydrogens (tertiary/aromatic N) is 1. The zero-order chi connectivity index (χ0) is 10.5. The van der Waals surface area contributed by atoms with Crippen molar-refractivity contribution in [3.63, 3.8) is 0 Å². The first kappa shape index (κ1) is 10.7. The summed E-state index contributed by atoms with van der Waals surface area (Å²) < 4.78 is 5.31. The van der Waals surface area contributed by atoms with Crippen LogP contribution in [-0.4, -0.2) is 11.7 Å². The third-order valence-corrected chi connectivity index (χ3v) is 2.99. The third kappa shape index (κ3) is 2.81. The lowest BCUT2D eigenvalue weighted by molar-refractivity contribution is 0.364. The molecule has 1 atom stereocenters. The van der Waals surface area contributed by atoms with E-state index in [0.29, 0.717) is 6.04 Å².